The van der Waals surface area contributed by atoms with Gasteiger partial charge in [0, 0.05) is 13.1 Å². The van der Waals surface area contributed by atoms with Crippen LogP contribution in [0.2, 0.25) is 0 Å². The molecule has 1 aromatic carbocycles. The minimum absolute atomic E-state index is 0.0351. The van der Waals surface area contributed by atoms with Crippen LogP contribution < -0.4 is 10.6 Å². The van der Waals surface area contributed by atoms with Gasteiger partial charge in [-0.05, 0) is 51.7 Å². The van der Waals surface area contributed by atoms with Crippen LogP contribution in [-0.4, -0.2) is 43.2 Å². The minimum Gasteiger partial charge on any atom is -0.466 e. The monoisotopic (exact) mass is 435 g/mol. The van der Waals surface area contributed by atoms with Crippen LogP contribution in [0.3, 0.4) is 0 Å². The SMILES string of the molecule is C/C=C(NC(=O)c1c(F)cccc1F)\C(=N/C)C(=O)NC1CCC(C(=O)OCC)CC1. The standard InChI is InChI=1S/C22H27F2N3O4/c1-4-17(27-20(28)18-15(23)7-6-8-16(18)24)19(25-3)21(29)26-14-11-9-13(10-12-14)22(30)31-5-2/h4,6-8,13-14H,5,9-12H2,1-3H3,(H,26,29)(H,27,28)/b17-4+,25-19+. The molecule has 0 spiro atoms. The van der Waals surface area contributed by atoms with Crippen molar-refractivity contribution in [1.29, 1.82) is 0 Å². The second kappa shape index (κ2) is 11.3. The zero-order chi connectivity index (χ0) is 23.0. The number of amides is 2. The van der Waals surface area contributed by atoms with Crippen LogP contribution in [-0.2, 0) is 14.3 Å². The molecular formula is C22H27F2N3O4. The predicted molar refractivity (Wildman–Crippen MR) is 111 cm³/mol. The first-order chi connectivity index (χ1) is 14.8. The van der Waals surface area contributed by atoms with Gasteiger partial charge in [0.15, 0.2) is 0 Å². The average molecular weight is 435 g/mol. The van der Waals surface area contributed by atoms with E-state index >= 15 is 0 Å². The number of nitrogens with one attached hydrogen (secondary N) is 2. The molecule has 0 heterocycles. The minimum atomic E-state index is -1.02. The van der Waals surface area contributed by atoms with Gasteiger partial charge in [0.25, 0.3) is 11.8 Å². The molecule has 0 bridgehead atoms. The maximum atomic E-state index is 13.9. The quantitative estimate of drug-likeness (QED) is 0.508. The van der Waals surface area contributed by atoms with Crippen LogP contribution in [0.1, 0.15) is 49.9 Å². The van der Waals surface area contributed by atoms with Crippen molar-refractivity contribution in [3.05, 3.63) is 47.2 Å². The number of carbonyl (C=O) groups excluding carboxylic acids is 3. The summed E-state index contributed by atoms with van der Waals surface area (Å²) < 4.78 is 32.8. The second-order valence-electron chi connectivity index (χ2n) is 7.10. The second-order valence-corrected chi connectivity index (χ2v) is 7.10. The fraction of sp³-hybridized carbons (Fsp3) is 0.455. The fourth-order valence-electron chi connectivity index (χ4n) is 3.50. The number of carbonyl (C=O) groups is 3. The van der Waals surface area contributed by atoms with Crippen molar-refractivity contribution < 1.29 is 27.9 Å². The van der Waals surface area contributed by atoms with Crippen molar-refractivity contribution in [1.82, 2.24) is 10.6 Å². The number of halogens is 2. The number of esters is 1. The Morgan fingerprint density at radius 3 is 2.29 bits per heavy atom. The lowest BCUT2D eigenvalue weighted by Crippen LogP contribution is -2.44. The van der Waals surface area contributed by atoms with E-state index in [1.165, 1.54) is 13.1 Å². The number of aliphatic imine (C=N–C) groups is 1. The van der Waals surface area contributed by atoms with Crippen molar-refractivity contribution >= 4 is 23.5 Å². The molecule has 0 aromatic heterocycles. The highest BCUT2D eigenvalue weighted by molar-refractivity contribution is 6.45. The Kier molecular flexibility index (Phi) is 8.84. The van der Waals surface area contributed by atoms with E-state index in [2.05, 4.69) is 15.6 Å². The molecule has 0 saturated heterocycles. The van der Waals surface area contributed by atoms with Crippen LogP contribution in [0.25, 0.3) is 0 Å². The van der Waals surface area contributed by atoms with Gasteiger partial charge < -0.3 is 15.4 Å². The predicted octanol–water partition coefficient (Wildman–Crippen LogP) is 2.91. The number of ether oxygens (including phenoxy) is 1. The Hall–Kier alpha value is -3.10. The summed E-state index contributed by atoms with van der Waals surface area (Å²) in [6, 6.07) is 2.94. The van der Waals surface area contributed by atoms with Gasteiger partial charge in [-0.15, -0.1) is 0 Å². The Bertz CT molecular complexity index is 870. The molecule has 1 aromatic rings. The van der Waals surface area contributed by atoms with Gasteiger partial charge in [-0.25, -0.2) is 8.78 Å². The van der Waals surface area contributed by atoms with E-state index in [9.17, 15) is 23.2 Å². The first-order valence-electron chi connectivity index (χ1n) is 10.2. The molecule has 0 radical (unpaired) electrons. The highest BCUT2D eigenvalue weighted by Crippen LogP contribution is 2.25. The molecule has 9 heteroatoms. The van der Waals surface area contributed by atoms with Gasteiger partial charge in [-0.3, -0.25) is 19.4 Å². The molecule has 2 rings (SSSR count). The lowest BCUT2D eigenvalue weighted by molar-refractivity contribution is -0.149. The van der Waals surface area contributed by atoms with Crippen molar-refractivity contribution in [2.24, 2.45) is 10.9 Å². The van der Waals surface area contributed by atoms with Crippen LogP contribution in [0.15, 0.2) is 35.0 Å². The van der Waals surface area contributed by atoms with Gasteiger partial charge in [0.05, 0.1) is 18.2 Å². The smallest absolute Gasteiger partial charge is 0.308 e. The molecule has 7 nitrogen and oxygen atoms in total. The molecule has 0 aliphatic heterocycles. The third-order valence-electron chi connectivity index (χ3n) is 5.10. The molecule has 2 amide bonds. The van der Waals surface area contributed by atoms with Gasteiger partial charge in [0.1, 0.15) is 22.9 Å². The van der Waals surface area contributed by atoms with E-state index in [0.717, 1.165) is 18.2 Å². The molecular weight excluding hydrogens is 408 g/mol. The molecule has 2 N–H and O–H groups in total. The lowest BCUT2D eigenvalue weighted by Gasteiger charge is -2.28. The van der Waals surface area contributed by atoms with Crippen molar-refractivity contribution in [2.45, 2.75) is 45.6 Å². The first kappa shape index (κ1) is 24.2. The summed E-state index contributed by atoms with van der Waals surface area (Å²) in [4.78, 5) is 40.9. The molecule has 31 heavy (non-hydrogen) atoms. The molecule has 1 saturated carbocycles. The zero-order valence-electron chi connectivity index (χ0n) is 17.8. The number of benzene rings is 1. The Labute approximate surface area is 179 Å². The van der Waals surface area contributed by atoms with E-state index in [1.807, 2.05) is 0 Å². The van der Waals surface area contributed by atoms with E-state index in [4.69, 9.17) is 4.74 Å². The first-order valence-corrected chi connectivity index (χ1v) is 10.2. The largest absolute Gasteiger partial charge is 0.466 e. The summed E-state index contributed by atoms with van der Waals surface area (Å²) in [5, 5.41) is 5.21. The number of rotatable bonds is 7. The number of hydrogen-bond donors (Lipinski definition) is 2. The van der Waals surface area contributed by atoms with E-state index in [-0.39, 0.29) is 29.3 Å². The molecule has 168 valence electrons. The summed E-state index contributed by atoms with van der Waals surface area (Å²) in [5.74, 6) is -3.95. The van der Waals surface area contributed by atoms with E-state index in [0.29, 0.717) is 32.3 Å². The third-order valence-corrected chi connectivity index (χ3v) is 5.10. The van der Waals surface area contributed by atoms with Crippen molar-refractivity contribution in [2.75, 3.05) is 13.7 Å². The van der Waals surface area contributed by atoms with Gasteiger partial charge in [-0.2, -0.15) is 0 Å². The summed E-state index contributed by atoms with van der Waals surface area (Å²) in [5.41, 5.74) is -0.775. The number of nitrogens with zero attached hydrogens (tertiary/aromatic N) is 1. The lowest BCUT2D eigenvalue weighted by atomic mass is 9.86. The van der Waals surface area contributed by atoms with Crippen molar-refractivity contribution in [3.63, 3.8) is 0 Å². The summed E-state index contributed by atoms with van der Waals surface area (Å²) in [6.07, 6.45) is 3.83. The van der Waals surface area contributed by atoms with Crippen LogP contribution in [0.5, 0.6) is 0 Å². The number of allylic oxidation sites excluding steroid dienone is 1. The normalized spacial score (nSPS) is 19.5. The summed E-state index contributed by atoms with van der Waals surface area (Å²) >= 11 is 0. The Morgan fingerprint density at radius 1 is 1.16 bits per heavy atom. The highest BCUT2D eigenvalue weighted by Gasteiger charge is 2.29. The van der Waals surface area contributed by atoms with Crippen LogP contribution in [0, 0.1) is 17.6 Å². The Morgan fingerprint density at radius 2 is 1.77 bits per heavy atom. The third kappa shape index (κ3) is 6.19. The maximum absolute atomic E-state index is 13.9. The van der Waals surface area contributed by atoms with Gasteiger partial charge in [0.2, 0.25) is 0 Å². The fourth-order valence-corrected chi connectivity index (χ4v) is 3.50. The number of hydrogen-bond acceptors (Lipinski definition) is 5. The molecule has 1 aliphatic rings. The summed E-state index contributed by atoms with van der Waals surface area (Å²) in [7, 11) is 1.38. The van der Waals surface area contributed by atoms with Crippen LogP contribution in [0.4, 0.5) is 8.78 Å². The molecule has 1 aliphatic carbocycles. The highest BCUT2D eigenvalue weighted by atomic mass is 19.1. The Balaban J connectivity index is 2.01. The van der Waals surface area contributed by atoms with Gasteiger partial charge >= 0.3 is 5.97 Å². The topological polar surface area (TPSA) is 96.9 Å². The van der Waals surface area contributed by atoms with E-state index in [1.54, 1.807) is 13.8 Å². The summed E-state index contributed by atoms with van der Waals surface area (Å²) in [6.45, 7) is 3.66. The van der Waals surface area contributed by atoms with Gasteiger partial charge in [-0.1, -0.05) is 12.1 Å². The maximum Gasteiger partial charge on any atom is 0.308 e. The zero-order valence-corrected chi connectivity index (χ0v) is 17.8. The van der Waals surface area contributed by atoms with Crippen molar-refractivity contribution in [3.8, 4) is 0 Å². The van der Waals surface area contributed by atoms with Crippen LogP contribution >= 0.6 is 0 Å². The van der Waals surface area contributed by atoms with E-state index < -0.39 is 29.0 Å². The average Bonchev–Trinajstić information content (AvgIpc) is 2.74. The molecule has 1 fully saturated rings. The molecule has 0 atom stereocenters. The molecule has 0 unspecified atom stereocenters.